The minimum atomic E-state index is 0.913. The summed E-state index contributed by atoms with van der Waals surface area (Å²) in [6.45, 7) is 0. The Kier molecular flexibility index (Phi) is 1.86. The summed E-state index contributed by atoms with van der Waals surface area (Å²) in [7, 11) is 1.69. The second-order valence-electron chi connectivity index (χ2n) is 2.91. The maximum absolute atomic E-state index is 5.13. The Morgan fingerprint density at radius 1 is 1.42 bits per heavy atom. The molecule has 1 aromatic carbocycles. The minimum absolute atomic E-state index is 0.913. The van der Waals surface area contributed by atoms with E-state index in [0.717, 1.165) is 18.6 Å². The van der Waals surface area contributed by atoms with E-state index in [1.807, 2.05) is 12.1 Å². The lowest BCUT2D eigenvalue weighted by Gasteiger charge is -2.10. The van der Waals surface area contributed by atoms with Gasteiger partial charge in [-0.3, -0.25) is 0 Å². The zero-order valence-corrected chi connectivity index (χ0v) is 7.13. The number of benzene rings is 1. The zero-order chi connectivity index (χ0) is 8.39. The molecule has 1 aliphatic carbocycles. The fourth-order valence-electron chi connectivity index (χ4n) is 1.44. The molecule has 0 aliphatic heterocycles. The Hall–Kier alpha value is -1.24. The van der Waals surface area contributed by atoms with Gasteiger partial charge in [-0.2, -0.15) is 0 Å². The van der Waals surface area contributed by atoms with Gasteiger partial charge in [0, 0.05) is 0 Å². The van der Waals surface area contributed by atoms with Crippen LogP contribution in [0.15, 0.2) is 24.3 Å². The van der Waals surface area contributed by atoms with E-state index in [0.29, 0.717) is 0 Å². The zero-order valence-electron chi connectivity index (χ0n) is 7.13. The molecule has 0 amide bonds. The van der Waals surface area contributed by atoms with Crippen molar-refractivity contribution < 1.29 is 4.74 Å². The van der Waals surface area contributed by atoms with E-state index in [1.54, 1.807) is 7.11 Å². The van der Waals surface area contributed by atoms with E-state index in [4.69, 9.17) is 4.74 Å². The first kappa shape index (κ1) is 7.41. The van der Waals surface area contributed by atoms with Gasteiger partial charge in [-0.1, -0.05) is 12.1 Å². The summed E-state index contributed by atoms with van der Waals surface area (Å²) in [6, 6.07) is 6.16. The van der Waals surface area contributed by atoms with Crippen LogP contribution in [0.3, 0.4) is 0 Å². The van der Waals surface area contributed by atoms with Gasteiger partial charge >= 0.3 is 0 Å². The number of allylic oxidation sites excluding steroid dienone is 1. The molecule has 0 atom stereocenters. The molecule has 1 aromatic rings. The topological polar surface area (TPSA) is 9.23 Å². The summed E-state index contributed by atoms with van der Waals surface area (Å²) >= 11 is 0. The highest BCUT2D eigenvalue weighted by Gasteiger charge is 2.04. The van der Waals surface area contributed by atoms with Gasteiger partial charge in [-0.05, 0) is 42.2 Å². The van der Waals surface area contributed by atoms with Crippen molar-refractivity contribution in [3.8, 4) is 5.75 Å². The molecule has 0 saturated heterocycles. The highest BCUT2D eigenvalue weighted by molar-refractivity contribution is 5.41. The Morgan fingerprint density at radius 3 is 3.17 bits per heavy atom. The Morgan fingerprint density at radius 2 is 2.33 bits per heavy atom. The molecular weight excluding hydrogens is 148 g/mol. The monoisotopic (exact) mass is 159 g/mol. The Balaban J connectivity index is 2.44. The molecule has 0 aromatic heterocycles. The van der Waals surface area contributed by atoms with Crippen LogP contribution in [-0.2, 0) is 6.42 Å². The molecule has 2 rings (SSSR count). The van der Waals surface area contributed by atoms with Gasteiger partial charge < -0.3 is 4.74 Å². The molecule has 0 spiro atoms. The molecule has 1 heteroatoms. The molecule has 0 bridgehead atoms. The molecule has 0 fully saturated rings. The second-order valence-corrected chi connectivity index (χ2v) is 2.91. The van der Waals surface area contributed by atoms with Crippen LogP contribution in [0.25, 0.3) is 0 Å². The van der Waals surface area contributed by atoms with Gasteiger partial charge in [-0.25, -0.2) is 0 Å². The average molecular weight is 159 g/mol. The van der Waals surface area contributed by atoms with Crippen LogP contribution in [0.4, 0.5) is 0 Å². The van der Waals surface area contributed by atoms with Crippen molar-refractivity contribution >= 4 is 0 Å². The van der Waals surface area contributed by atoms with Crippen molar-refractivity contribution in [3.05, 3.63) is 41.5 Å². The van der Waals surface area contributed by atoms with E-state index in [2.05, 4.69) is 18.2 Å². The lowest BCUT2D eigenvalue weighted by Crippen LogP contribution is -1.95. The van der Waals surface area contributed by atoms with E-state index in [1.165, 1.54) is 11.1 Å². The van der Waals surface area contributed by atoms with Crippen LogP contribution >= 0.6 is 0 Å². The number of fused-ring (bicyclic) bond motifs is 1. The molecule has 12 heavy (non-hydrogen) atoms. The third-order valence-corrected chi connectivity index (χ3v) is 2.13. The second kappa shape index (κ2) is 3.02. The third-order valence-electron chi connectivity index (χ3n) is 2.13. The maximum Gasteiger partial charge on any atom is 0.119 e. The smallest absolute Gasteiger partial charge is 0.119 e. The van der Waals surface area contributed by atoms with Crippen molar-refractivity contribution in [2.45, 2.75) is 12.8 Å². The number of methoxy groups -OCH3 is 1. The van der Waals surface area contributed by atoms with E-state index >= 15 is 0 Å². The van der Waals surface area contributed by atoms with Gasteiger partial charge in [-0.15, -0.1) is 0 Å². The van der Waals surface area contributed by atoms with E-state index in [9.17, 15) is 0 Å². The third kappa shape index (κ3) is 1.22. The van der Waals surface area contributed by atoms with E-state index < -0.39 is 0 Å². The van der Waals surface area contributed by atoms with E-state index in [-0.39, 0.29) is 0 Å². The molecule has 1 radical (unpaired) electrons. The van der Waals surface area contributed by atoms with Crippen molar-refractivity contribution in [1.29, 1.82) is 0 Å². The quantitative estimate of drug-likeness (QED) is 0.611. The summed E-state index contributed by atoms with van der Waals surface area (Å²) in [5.41, 5.74) is 2.55. The standard InChI is InChI=1S/C11H11O/c1-12-11-7-6-9-4-2-3-5-10(9)8-11/h3,6-8H,2,4H2,1H3. The van der Waals surface area contributed by atoms with Crippen LogP contribution in [0.2, 0.25) is 0 Å². The van der Waals surface area contributed by atoms with Crippen LogP contribution < -0.4 is 4.74 Å². The molecule has 1 nitrogen and oxygen atoms in total. The first-order valence-electron chi connectivity index (χ1n) is 4.15. The SMILES string of the molecule is COc1ccc2c(c1)[C]=CCC2. The van der Waals surface area contributed by atoms with Crippen molar-refractivity contribution in [3.63, 3.8) is 0 Å². The molecule has 0 N–H and O–H groups in total. The predicted molar refractivity (Wildman–Crippen MR) is 48.2 cm³/mol. The lowest BCUT2D eigenvalue weighted by atomic mass is 9.97. The van der Waals surface area contributed by atoms with Crippen molar-refractivity contribution in [1.82, 2.24) is 0 Å². The first-order valence-corrected chi connectivity index (χ1v) is 4.15. The molecule has 0 unspecified atom stereocenters. The average Bonchev–Trinajstić information content (AvgIpc) is 2.17. The van der Waals surface area contributed by atoms with Crippen molar-refractivity contribution in [2.75, 3.05) is 7.11 Å². The maximum atomic E-state index is 5.13. The number of aryl methyl sites for hydroxylation is 1. The lowest BCUT2D eigenvalue weighted by molar-refractivity contribution is 0.414. The normalized spacial score (nSPS) is 14.1. The predicted octanol–water partition coefficient (Wildman–Crippen LogP) is 2.35. The fraction of sp³-hybridized carbons (Fsp3) is 0.273. The van der Waals surface area contributed by atoms with Gasteiger partial charge in [0.15, 0.2) is 0 Å². The highest BCUT2D eigenvalue weighted by atomic mass is 16.5. The molecule has 61 valence electrons. The largest absolute Gasteiger partial charge is 0.497 e. The highest BCUT2D eigenvalue weighted by Crippen LogP contribution is 2.22. The van der Waals surface area contributed by atoms with Gasteiger partial charge in [0.1, 0.15) is 5.75 Å². The molecular formula is C11H11O. The number of hydrogen-bond donors (Lipinski definition) is 0. The summed E-state index contributed by atoms with van der Waals surface area (Å²) in [5, 5.41) is 0. The van der Waals surface area contributed by atoms with Gasteiger partial charge in [0.25, 0.3) is 0 Å². The summed E-state index contributed by atoms with van der Waals surface area (Å²) in [6.07, 6.45) is 7.56. The minimum Gasteiger partial charge on any atom is -0.497 e. The molecule has 1 aliphatic rings. The van der Waals surface area contributed by atoms with Crippen LogP contribution in [0, 0.1) is 6.08 Å². The summed E-state index contributed by atoms with van der Waals surface area (Å²) in [5.74, 6) is 0.913. The van der Waals surface area contributed by atoms with Crippen LogP contribution in [-0.4, -0.2) is 7.11 Å². The molecule has 0 heterocycles. The number of rotatable bonds is 1. The summed E-state index contributed by atoms with van der Waals surface area (Å²) < 4.78 is 5.13. The fourth-order valence-corrected chi connectivity index (χ4v) is 1.44. The Bertz CT molecular complexity index is 313. The molecule has 0 saturated carbocycles. The number of ether oxygens (including phenoxy) is 1. The van der Waals surface area contributed by atoms with Crippen molar-refractivity contribution in [2.24, 2.45) is 0 Å². The van der Waals surface area contributed by atoms with Crippen LogP contribution in [0.1, 0.15) is 17.5 Å². The van der Waals surface area contributed by atoms with Gasteiger partial charge in [0.05, 0.1) is 7.11 Å². The summed E-state index contributed by atoms with van der Waals surface area (Å²) in [4.78, 5) is 0. The first-order chi connectivity index (χ1) is 5.90. The Labute approximate surface area is 72.7 Å². The van der Waals surface area contributed by atoms with Crippen LogP contribution in [0.5, 0.6) is 5.75 Å². The number of hydrogen-bond acceptors (Lipinski definition) is 1. The van der Waals surface area contributed by atoms with Gasteiger partial charge in [0.2, 0.25) is 0 Å².